The first-order chi connectivity index (χ1) is 11.3. The zero-order chi connectivity index (χ0) is 17.7. The van der Waals surface area contributed by atoms with Crippen LogP contribution in [-0.2, 0) is 21.2 Å². The lowest BCUT2D eigenvalue weighted by molar-refractivity contribution is -0.117. The fourth-order valence-corrected chi connectivity index (χ4v) is 3.13. The summed E-state index contributed by atoms with van der Waals surface area (Å²) >= 11 is 0. The maximum atomic E-state index is 12.9. The molecule has 0 saturated carbocycles. The molecule has 0 aliphatic heterocycles. The molecule has 0 atom stereocenters. The predicted molar refractivity (Wildman–Crippen MR) is 90.9 cm³/mol. The van der Waals surface area contributed by atoms with Crippen LogP contribution in [0.2, 0.25) is 0 Å². The molecule has 0 aromatic heterocycles. The average Bonchev–Trinajstić information content (AvgIpc) is 2.49. The number of rotatable bonds is 6. The summed E-state index contributed by atoms with van der Waals surface area (Å²) in [6.07, 6.45) is 1.10. The molecular formula is C17H19FN2O3S. The standard InChI is InChI=1S/C17H19FN2O3S/c1-20(11-13-7-9-14(18)10-8-13)12-17(21)19-15-5-3-4-6-16(15)24(2,22)23/h3-10H,11-12H2,1-2H3,(H,19,21). The highest BCUT2D eigenvalue weighted by molar-refractivity contribution is 7.90. The van der Waals surface area contributed by atoms with Crippen molar-refractivity contribution in [3.05, 3.63) is 59.9 Å². The first-order valence-electron chi connectivity index (χ1n) is 7.27. The van der Waals surface area contributed by atoms with Gasteiger partial charge in [-0.25, -0.2) is 12.8 Å². The predicted octanol–water partition coefficient (Wildman–Crippen LogP) is 2.30. The molecule has 0 aliphatic rings. The summed E-state index contributed by atoms with van der Waals surface area (Å²) in [4.78, 5) is 14.0. The van der Waals surface area contributed by atoms with Crippen molar-refractivity contribution in [3.8, 4) is 0 Å². The van der Waals surface area contributed by atoms with Gasteiger partial charge in [0.25, 0.3) is 0 Å². The lowest BCUT2D eigenvalue weighted by atomic mass is 10.2. The van der Waals surface area contributed by atoms with Crippen molar-refractivity contribution >= 4 is 21.4 Å². The minimum absolute atomic E-state index is 0.0788. The van der Waals surface area contributed by atoms with Crippen LogP contribution in [0.3, 0.4) is 0 Å². The van der Waals surface area contributed by atoms with Crippen LogP contribution in [0.15, 0.2) is 53.4 Å². The topological polar surface area (TPSA) is 66.5 Å². The molecule has 1 N–H and O–H groups in total. The number of carbonyl (C=O) groups is 1. The quantitative estimate of drug-likeness (QED) is 0.868. The highest BCUT2D eigenvalue weighted by atomic mass is 32.2. The Morgan fingerprint density at radius 1 is 1.12 bits per heavy atom. The van der Waals surface area contributed by atoms with Crippen LogP contribution in [0.4, 0.5) is 10.1 Å². The number of halogens is 1. The van der Waals surface area contributed by atoms with Crippen LogP contribution in [-0.4, -0.2) is 39.1 Å². The highest BCUT2D eigenvalue weighted by Crippen LogP contribution is 2.20. The number of hydrogen-bond donors (Lipinski definition) is 1. The van der Waals surface area contributed by atoms with Crippen LogP contribution < -0.4 is 5.32 Å². The summed E-state index contributed by atoms with van der Waals surface area (Å²) in [6.45, 7) is 0.552. The molecule has 0 heterocycles. The van der Waals surface area contributed by atoms with Crippen LogP contribution in [0.25, 0.3) is 0 Å². The van der Waals surface area contributed by atoms with Gasteiger partial charge in [-0.1, -0.05) is 24.3 Å². The van der Waals surface area contributed by atoms with E-state index >= 15 is 0 Å². The van der Waals surface area contributed by atoms with E-state index in [1.165, 1.54) is 18.2 Å². The van der Waals surface area contributed by atoms with Gasteiger partial charge in [0, 0.05) is 12.8 Å². The van der Waals surface area contributed by atoms with E-state index in [1.807, 2.05) is 0 Å². The van der Waals surface area contributed by atoms with E-state index < -0.39 is 9.84 Å². The fraction of sp³-hybridized carbons (Fsp3) is 0.235. The first-order valence-corrected chi connectivity index (χ1v) is 9.17. The number of sulfone groups is 1. The molecule has 0 fully saturated rings. The zero-order valence-electron chi connectivity index (χ0n) is 13.5. The van der Waals surface area contributed by atoms with Gasteiger partial charge in [0.05, 0.1) is 17.1 Å². The fourth-order valence-electron chi connectivity index (χ4n) is 2.29. The van der Waals surface area contributed by atoms with E-state index in [9.17, 15) is 17.6 Å². The Kier molecular flexibility index (Phi) is 5.69. The Balaban J connectivity index is 2.00. The van der Waals surface area contributed by atoms with Gasteiger partial charge in [0.1, 0.15) is 5.82 Å². The lowest BCUT2D eigenvalue weighted by Crippen LogP contribution is -2.30. The summed E-state index contributed by atoms with van der Waals surface area (Å²) in [7, 11) is -1.67. The van der Waals surface area contributed by atoms with Crippen molar-refractivity contribution in [2.75, 3.05) is 25.2 Å². The van der Waals surface area contributed by atoms with E-state index in [1.54, 1.807) is 42.3 Å². The number of nitrogens with zero attached hydrogens (tertiary/aromatic N) is 1. The SMILES string of the molecule is CN(CC(=O)Nc1ccccc1S(C)(=O)=O)Cc1ccc(F)cc1. The molecule has 0 radical (unpaired) electrons. The van der Waals surface area contributed by atoms with E-state index in [0.29, 0.717) is 6.54 Å². The molecule has 0 bridgehead atoms. The van der Waals surface area contributed by atoms with Crippen molar-refractivity contribution in [1.82, 2.24) is 4.90 Å². The monoisotopic (exact) mass is 350 g/mol. The van der Waals surface area contributed by atoms with Gasteiger partial charge >= 0.3 is 0 Å². The van der Waals surface area contributed by atoms with Crippen LogP contribution in [0, 0.1) is 5.82 Å². The number of anilines is 1. The number of para-hydroxylation sites is 1. The molecule has 0 saturated heterocycles. The Morgan fingerprint density at radius 2 is 1.75 bits per heavy atom. The molecule has 2 aromatic carbocycles. The highest BCUT2D eigenvalue weighted by Gasteiger charge is 2.15. The molecular weight excluding hydrogens is 331 g/mol. The third-order valence-electron chi connectivity index (χ3n) is 3.34. The molecule has 1 amide bonds. The van der Waals surface area contributed by atoms with Crippen LogP contribution in [0.1, 0.15) is 5.56 Å². The summed E-state index contributed by atoms with van der Waals surface area (Å²) in [5.41, 5.74) is 1.14. The molecule has 7 heteroatoms. The summed E-state index contributed by atoms with van der Waals surface area (Å²) in [5.74, 6) is -0.632. The number of amides is 1. The minimum Gasteiger partial charge on any atom is -0.324 e. The first kappa shape index (κ1) is 18.1. The van der Waals surface area contributed by atoms with Gasteiger partial charge in [-0.05, 0) is 36.9 Å². The maximum absolute atomic E-state index is 12.9. The van der Waals surface area contributed by atoms with E-state index in [4.69, 9.17) is 0 Å². The van der Waals surface area contributed by atoms with Gasteiger partial charge < -0.3 is 5.32 Å². The zero-order valence-corrected chi connectivity index (χ0v) is 14.3. The summed E-state index contributed by atoms with van der Waals surface area (Å²) in [6, 6.07) is 12.3. The summed E-state index contributed by atoms with van der Waals surface area (Å²) < 4.78 is 36.4. The third-order valence-corrected chi connectivity index (χ3v) is 4.49. The molecule has 0 unspecified atom stereocenters. The van der Waals surface area contributed by atoms with E-state index in [-0.39, 0.29) is 28.9 Å². The average molecular weight is 350 g/mol. The van der Waals surface area contributed by atoms with Crippen molar-refractivity contribution in [2.24, 2.45) is 0 Å². The lowest BCUT2D eigenvalue weighted by Gasteiger charge is -2.17. The molecule has 128 valence electrons. The smallest absolute Gasteiger partial charge is 0.238 e. The van der Waals surface area contributed by atoms with Gasteiger partial charge in [0.2, 0.25) is 5.91 Å². The Labute approximate surface area is 141 Å². The summed E-state index contributed by atoms with van der Waals surface area (Å²) in [5, 5.41) is 2.62. The maximum Gasteiger partial charge on any atom is 0.238 e. The molecule has 0 aliphatic carbocycles. The van der Waals surface area contributed by atoms with Gasteiger partial charge in [-0.15, -0.1) is 0 Å². The molecule has 2 aromatic rings. The molecule has 5 nitrogen and oxygen atoms in total. The Bertz CT molecular complexity index is 820. The van der Waals surface area contributed by atoms with Crippen molar-refractivity contribution < 1.29 is 17.6 Å². The van der Waals surface area contributed by atoms with Crippen LogP contribution in [0.5, 0.6) is 0 Å². The number of carbonyl (C=O) groups excluding carboxylic acids is 1. The van der Waals surface area contributed by atoms with Gasteiger partial charge in [-0.3, -0.25) is 9.69 Å². The third kappa shape index (κ3) is 5.14. The van der Waals surface area contributed by atoms with Gasteiger partial charge in [-0.2, -0.15) is 0 Å². The molecule has 2 rings (SSSR count). The van der Waals surface area contributed by atoms with Gasteiger partial charge in [0.15, 0.2) is 9.84 Å². The van der Waals surface area contributed by atoms with Crippen molar-refractivity contribution in [1.29, 1.82) is 0 Å². The number of benzene rings is 2. The number of nitrogens with one attached hydrogen (secondary N) is 1. The van der Waals surface area contributed by atoms with E-state index in [2.05, 4.69) is 5.32 Å². The Morgan fingerprint density at radius 3 is 2.38 bits per heavy atom. The Hall–Kier alpha value is -2.25. The largest absolute Gasteiger partial charge is 0.324 e. The number of likely N-dealkylation sites (N-methyl/N-ethyl adjacent to an activating group) is 1. The second-order valence-corrected chi connectivity index (χ2v) is 7.60. The van der Waals surface area contributed by atoms with Crippen molar-refractivity contribution in [3.63, 3.8) is 0 Å². The second kappa shape index (κ2) is 7.55. The molecule has 24 heavy (non-hydrogen) atoms. The molecule has 0 spiro atoms. The normalized spacial score (nSPS) is 11.5. The second-order valence-electron chi connectivity index (χ2n) is 5.62. The van der Waals surface area contributed by atoms with E-state index in [0.717, 1.165) is 11.8 Å². The minimum atomic E-state index is -3.42. The number of hydrogen-bond acceptors (Lipinski definition) is 4. The van der Waals surface area contributed by atoms with Crippen molar-refractivity contribution in [2.45, 2.75) is 11.4 Å². The van der Waals surface area contributed by atoms with Crippen LogP contribution >= 0.6 is 0 Å².